The second-order valence-electron chi connectivity index (χ2n) is 6.48. The predicted molar refractivity (Wildman–Crippen MR) is 92.4 cm³/mol. The number of fused-ring (bicyclic) bond motifs is 1. The molecule has 132 valence electrons. The molecule has 2 heterocycles. The third kappa shape index (κ3) is 3.24. The van der Waals surface area contributed by atoms with Crippen molar-refractivity contribution in [2.24, 2.45) is 0 Å². The average Bonchev–Trinajstić information content (AvgIpc) is 3.01. The zero-order valence-electron chi connectivity index (χ0n) is 13.7. The van der Waals surface area contributed by atoms with Gasteiger partial charge in [0.1, 0.15) is 16.9 Å². The lowest BCUT2D eigenvalue weighted by Crippen LogP contribution is -2.26. The number of benzene rings is 1. The lowest BCUT2D eigenvalue weighted by atomic mass is 9.97. The van der Waals surface area contributed by atoms with E-state index in [4.69, 9.17) is 21.1 Å². The highest BCUT2D eigenvalue weighted by atomic mass is 35.5. The first-order chi connectivity index (χ1) is 12.1. The van der Waals surface area contributed by atoms with E-state index in [0.29, 0.717) is 42.5 Å². The third-order valence-corrected chi connectivity index (χ3v) is 5.14. The van der Waals surface area contributed by atoms with Crippen molar-refractivity contribution in [1.29, 1.82) is 0 Å². The fourth-order valence-corrected chi connectivity index (χ4v) is 3.78. The third-order valence-electron chi connectivity index (χ3n) is 4.87. The van der Waals surface area contributed by atoms with E-state index in [-0.39, 0.29) is 11.9 Å². The van der Waals surface area contributed by atoms with E-state index in [1.165, 1.54) is 6.07 Å². The molecule has 1 aromatic carbocycles. The van der Waals surface area contributed by atoms with Gasteiger partial charge >= 0.3 is 0 Å². The van der Waals surface area contributed by atoms with Crippen molar-refractivity contribution in [3.63, 3.8) is 0 Å². The van der Waals surface area contributed by atoms with Crippen LogP contribution in [0.15, 0.2) is 24.4 Å². The molecule has 0 spiro atoms. The zero-order chi connectivity index (χ0) is 17.4. The Kier molecular flexibility index (Phi) is 4.63. The number of hydrogen-bond acceptors (Lipinski definition) is 4. The maximum Gasteiger partial charge on any atom is 0.232 e. The molecule has 1 N–H and O–H groups in total. The summed E-state index contributed by atoms with van der Waals surface area (Å²) < 4.78 is 25.2. The number of aromatic nitrogens is 1. The van der Waals surface area contributed by atoms with Crippen LogP contribution in [0.3, 0.4) is 0 Å². The molecule has 0 bridgehead atoms. The van der Waals surface area contributed by atoms with Crippen molar-refractivity contribution in [1.82, 2.24) is 4.98 Å². The maximum absolute atomic E-state index is 14.0. The quantitative estimate of drug-likeness (QED) is 0.892. The zero-order valence-corrected chi connectivity index (χ0v) is 14.4. The Morgan fingerprint density at radius 2 is 2.04 bits per heavy atom. The van der Waals surface area contributed by atoms with Gasteiger partial charge in [-0.15, -0.1) is 0 Å². The standard InChI is InChI=1S/C19H19ClFNO3/c20-15-9-11(10-22-19(15)25-12-5-7-24-8-6-12)13-1-3-16(21)18-14(13)2-4-17(18)23/h1,3,9-10,12,17,23H,2,4-8H2/t17-/m0/s1. The highest BCUT2D eigenvalue weighted by molar-refractivity contribution is 6.32. The van der Waals surface area contributed by atoms with Crippen molar-refractivity contribution in [2.75, 3.05) is 13.2 Å². The highest BCUT2D eigenvalue weighted by Gasteiger charge is 2.27. The average molecular weight is 364 g/mol. The topological polar surface area (TPSA) is 51.6 Å². The number of rotatable bonds is 3. The first kappa shape index (κ1) is 16.8. The fourth-order valence-electron chi connectivity index (χ4n) is 3.57. The Balaban J connectivity index is 1.63. The summed E-state index contributed by atoms with van der Waals surface area (Å²) in [5.74, 6) is 0.0541. The van der Waals surface area contributed by atoms with Crippen molar-refractivity contribution >= 4 is 11.6 Å². The molecule has 4 nitrogen and oxygen atoms in total. The van der Waals surface area contributed by atoms with Gasteiger partial charge in [-0.3, -0.25) is 0 Å². The first-order valence-corrected chi connectivity index (χ1v) is 8.91. The van der Waals surface area contributed by atoms with Crippen LogP contribution in [0.5, 0.6) is 5.88 Å². The Hall–Kier alpha value is -1.69. The van der Waals surface area contributed by atoms with Crippen LogP contribution in [0.25, 0.3) is 11.1 Å². The minimum Gasteiger partial charge on any atom is -0.473 e. The van der Waals surface area contributed by atoms with Gasteiger partial charge < -0.3 is 14.6 Å². The van der Waals surface area contributed by atoms with Crippen molar-refractivity contribution < 1.29 is 19.0 Å². The van der Waals surface area contributed by atoms with E-state index < -0.39 is 6.10 Å². The van der Waals surface area contributed by atoms with Crippen molar-refractivity contribution in [3.05, 3.63) is 46.4 Å². The molecule has 0 unspecified atom stereocenters. The number of ether oxygens (including phenoxy) is 2. The van der Waals surface area contributed by atoms with Gasteiger partial charge in [-0.05, 0) is 36.1 Å². The van der Waals surface area contributed by atoms with Gasteiger partial charge in [-0.1, -0.05) is 17.7 Å². The molecule has 2 aliphatic rings. The summed E-state index contributed by atoms with van der Waals surface area (Å²) in [5, 5.41) is 10.4. The van der Waals surface area contributed by atoms with Crippen molar-refractivity contribution in [3.8, 4) is 17.0 Å². The molecule has 6 heteroatoms. The van der Waals surface area contributed by atoms with Gasteiger partial charge in [0.25, 0.3) is 0 Å². The predicted octanol–water partition coefficient (Wildman–Crippen LogP) is 4.08. The molecule has 1 aliphatic carbocycles. The molecule has 1 aliphatic heterocycles. The number of hydrogen-bond donors (Lipinski definition) is 1. The number of pyridine rings is 1. The summed E-state index contributed by atoms with van der Waals surface area (Å²) in [5.41, 5.74) is 2.90. The number of halogens is 2. The first-order valence-electron chi connectivity index (χ1n) is 8.53. The summed E-state index contributed by atoms with van der Waals surface area (Å²) in [4.78, 5) is 4.36. The van der Waals surface area contributed by atoms with Gasteiger partial charge in [0.2, 0.25) is 5.88 Å². The number of aliphatic hydroxyl groups excluding tert-OH is 1. The Bertz CT molecular complexity index is 792. The van der Waals surface area contributed by atoms with Crippen LogP contribution < -0.4 is 4.74 Å². The minimum absolute atomic E-state index is 0.0646. The second kappa shape index (κ2) is 6.90. The summed E-state index contributed by atoms with van der Waals surface area (Å²) >= 11 is 6.37. The SMILES string of the molecule is O[C@H]1CCc2c(-c3cnc(OC4CCOCC4)c(Cl)c3)ccc(F)c21. The largest absolute Gasteiger partial charge is 0.473 e. The molecule has 0 saturated carbocycles. The van der Waals surface area contributed by atoms with Gasteiger partial charge in [0.15, 0.2) is 0 Å². The molecular formula is C19H19ClFNO3. The minimum atomic E-state index is -0.741. The maximum atomic E-state index is 14.0. The van der Waals surface area contributed by atoms with Crippen LogP contribution >= 0.6 is 11.6 Å². The Morgan fingerprint density at radius 3 is 2.80 bits per heavy atom. The van der Waals surface area contributed by atoms with E-state index in [2.05, 4.69) is 4.98 Å². The Labute approximate surface area is 150 Å². The van der Waals surface area contributed by atoms with E-state index in [0.717, 1.165) is 29.5 Å². The lowest BCUT2D eigenvalue weighted by Gasteiger charge is -2.23. The molecule has 0 radical (unpaired) electrons. The second-order valence-corrected chi connectivity index (χ2v) is 6.89. The van der Waals surface area contributed by atoms with Crippen LogP contribution in [-0.2, 0) is 11.2 Å². The lowest BCUT2D eigenvalue weighted by molar-refractivity contribution is 0.0238. The fraction of sp³-hybridized carbons (Fsp3) is 0.421. The van der Waals surface area contributed by atoms with Crippen LogP contribution in [0, 0.1) is 5.82 Å². The van der Waals surface area contributed by atoms with Gasteiger partial charge in [-0.25, -0.2) is 9.37 Å². The smallest absolute Gasteiger partial charge is 0.232 e. The van der Waals surface area contributed by atoms with E-state index in [1.54, 1.807) is 18.3 Å². The molecule has 0 amide bonds. The molecule has 2 aromatic rings. The number of nitrogens with zero attached hydrogens (tertiary/aromatic N) is 1. The van der Waals surface area contributed by atoms with E-state index in [9.17, 15) is 9.50 Å². The summed E-state index contributed by atoms with van der Waals surface area (Å²) in [6.07, 6.45) is 3.84. The molecule has 25 heavy (non-hydrogen) atoms. The molecule has 1 aromatic heterocycles. The van der Waals surface area contributed by atoms with Crippen LogP contribution in [0.1, 0.15) is 36.5 Å². The summed E-state index contributed by atoms with van der Waals surface area (Å²) in [6.45, 7) is 1.37. The van der Waals surface area contributed by atoms with Gasteiger partial charge in [-0.2, -0.15) is 0 Å². The molecule has 4 rings (SSSR count). The monoisotopic (exact) mass is 363 g/mol. The highest BCUT2D eigenvalue weighted by Crippen LogP contribution is 2.40. The van der Waals surface area contributed by atoms with E-state index in [1.807, 2.05) is 0 Å². The van der Waals surface area contributed by atoms with Gasteiger partial charge in [0.05, 0.1) is 19.3 Å². The normalized spacial score (nSPS) is 20.5. The Morgan fingerprint density at radius 1 is 1.24 bits per heavy atom. The van der Waals surface area contributed by atoms with Crippen LogP contribution in [0.2, 0.25) is 5.02 Å². The molecule has 1 atom stereocenters. The van der Waals surface area contributed by atoms with Crippen LogP contribution in [0.4, 0.5) is 4.39 Å². The molecular weight excluding hydrogens is 345 g/mol. The molecule has 1 fully saturated rings. The van der Waals surface area contributed by atoms with Crippen molar-refractivity contribution in [2.45, 2.75) is 37.9 Å². The van der Waals surface area contributed by atoms with Crippen LogP contribution in [-0.4, -0.2) is 29.4 Å². The summed E-state index contributed by atoms with van der Waals surface area (Å²) in [6, 6.07) is 4.91. The summed E-state index contributed by atoms with van der Waals surface area (Å²) in [7, 11) is 0. The van der Waals surface area contributed by atoms with E-state index >= 15 is 0 Å². The van der Waals surface area contributed by atoms with Gasteiger partial charge in [0, 0.05) is 30.2 Å². The molecule has 1 saturated heterocycles. The number of aliphatic hydroxyl groups is 1.